The lowest BCUT2D eigenvalue weighted by atomic mass is 10.3. The van der Waals surface area contributed by atoms with E-state index in [1.165, 1.54) is 6.92 Å². The van der Waals surface area contributed by atoms with Gasteiger partial charge in [-0.15, -0.1) is 0 Å². The van der Waals surface area contributed by atoms with Crippen molar-refractivity contribution in [1.29, 1.82) is 0 Å². The Morgan fingerprint density at radius 1 is 1.62 bits per heavy atom. The van der Waals surface area contributed by atoms with Crippen molar-refractivity contribution < 1.29 is 14.7 Å². The number of aliphatic carboxylic acids is 1. The van der Waals surface area contributed by atoms with Crippen LogP contribution < -0.4 is 5.11 Å². The average molecular weight is 180 g/mol. The highest BCUT2D eigenvalue weighted by molar-refractivity contribution is 9.10. The first-order valence-corrected chi connectivity index (χ1v) is 2.82. The minimum Gasteiger partial charge on any atom is -0.548 e. The molecule has 0 aliphatic rings. The number of Topliss-reactive ketones (excluding diaryl/α,β-unsaturated/α-hetero) is 1. The van der Waals surface area contributed by atoms with Crippen molar-refractivity contribution in [3.05, 3.63) is 0 Å². The van der Waals surface area contributed by atoms with E-state index in [1.807, 2.05) is 0 Å². The van der Waals surface area contributed by atoms with E-state index in [0.717, 1.165) is 0 Å². The van der Waals surface area contributed by atoms with Gasteiger partial charge in [0.05, 0.1) is 5.97 Å². The van der Waals surface area contributed by atoms with Crippen molar-refractivity contribution in [1.82, 2.24) is 0 Å². The van der Waals surface area contributed by atoms with Gasteiger partial charge >= 0.3 is 0 Å². The summed E-state index contributed by atoms with van der Waals surface area (Å²) in [5.41, 5.74) is 0. The van der Waals surface area contributed by atoms with Crippen LogP contribution in [0.2, 0.25) is 0 Å². The van der Waals surface area contributed by atoms with Crippen molar-refractivity contribution >= 4 is 27.7 Å². The first-order valence-electron chi connectivity index (χ1n) is 1.91. The van der Waals surface area contributed by atoms with Crippen LogP contribution in [0.15, 0.2) is 0 Å². The summed E-state index contributed by atoms with van der Waals surface area (Å²) in [5.74, 6) is -1.84. The van der Waals surface area contributed by atoms with Gasteiger partial charge in [-0.05, 0) is 6.92 Å². The molecule has 1 unspecified atom stereocenters. The summed E-state index contributed by atoms with van der Waals surface area (Å²) in [7, 11) is 0. The number of carboxylic acids is 1. The van der Waals surface area contributed by atoms with Gasteiger partial charge in [-0.2, -0.15) is 0 Å². The fraction of sp³-hybridized carbons (Fsp3) is 0.500. The van der Waals surface area contributed by atoms with Crippen LogP contribution in [0.4, 0.5) is 0 Å². The van der Waals surface area contributed by atoms with Gasteiger partial charge in [0.25, 0.3) is 0 Å². The molecule has 3 nitrogen and oxygen atoms in total. The predicted molar refractivity (Wildman–Crippen MR) is 28.4 cm³/mol. The molecule has 46 valence electrons. The van der Waals surface area contributed by atoms with E-state index in [2.05, 4.69) is 15.9 Å². The number of halogens is 1. The second-order valence-electron chi connectivity index (χ2n) is 1.29. The average Bonchev–Trinajstić information content (AvgIpc) is 1.64. The Kier molecular flexibility index (Phi) is 2.68. The summed E-state index contributed by atoms with van der Waals surface area (Å²) in [6, 6.07) is 0. The minimum atomic E-state index is -1.39. The lowest BCUT2D eigenvalue weighted by Crippen LogP contribution is -2.35. The lowest BCUT2D eigenvalue weighted by molar-refractivity contribution is -0.303. The maximum Gasteiger partial charge on any atom is 0.149 e. The van der Waals surface area contributed by atoms with E-state index in [9.17, 15) is 14.7 Å². The second-order valence-corrected chi connectivity index (χ2v) is 2.21. The molecular weight excluding hydrogens is 176 g/mol. The molecule has 0 aliphatic heterocycles. The summed E-state index contributed by atoms with van der Waals surface area (Å²) in [6.45, 7) is 1.18. The van der Waals surface area contributed by atoms with Crippen molar-refractivity contribution in [2.45, 2.75) is 11.8 Å². The number of carboxylic acid groups (broad SMARTS) is 1. The fourth-order valence-corrected chi connectivity index (χ4v) is 0.166. The van der Waals surface area contributed by atoms with E-state index in [0.29, 0.717) is 0 Å². The number of ketones is 1. The molecule has 0 fully saturated rings. The molecule has 0 amide bonds. The zero-order valence-corrected chi connectivity index (χ0v) is 5.77. The summed E-state index contributed by atoms with van der Waals surface area (Å²) < 4.78 is 0. The molecule has 0 bridgehead atoms. The van der Waals surface area contributed by atoms with E-state index < -0.39 is 16.6 Å². The van der Waals surface area contributed by atoms with Gasteiger partial charge in [-0.1, -0.05) is 15.9 Å². The van der Waals surface area contributed by atoms with Crippen LogP contribution >= 0.6 is 15.9 Å². The Hall–Kier alpha value is -0.380. The molecule has 0 aromatic carbocycles. The normalized spacial score (nSPS) is 12.8. The Morgan fingerprint density at radius 2 is 2.00 bits per heavy atom. The molecule has 1 atom stereocenters. The van der Waals surface area contributed by atoms with Gasteiger partial charge in [-0.3, -0.25) is 4.79 Å². The standard InChI is InChI=1S/C4H5BrO3/c1-2(6)3(5)4(7)8/h3H,1H3,(H,7,8)/p-1. The third kappa shape index (κ3) is 2.07. The maximum atomic E-state index is 10.1. The highest BCUT2D eigenvalue weighted by Crippen LogP contribution is 1.97. The smallest absolute Gasteiger partial charge is 0.149 e. The zero-order chi connectivity index (χ0) is 6.73. The van der Waals surface area contributed by atoms with Crippen LogP contribution in [0.1, 0.15) is 6.92 Å². The van der Waals surface area contributed by atoms with E-state index in [1.54, 1.807) is 0 Å². The highest BCUT2D eigenvalue weighted by Gasteiger charge is 2.08. The molecular formula is C4H4BrO3-. The zero-order valence-electron chi connectivity index (χ0n) is 4.18. The van der Waals surface area contributed by atoms with E-state index >= 15 is 0 Å². The number of hydrogen-bond acceptors (Lipinski definition) is 3. The summed E-state index contributed by atoms with van der Waals surface area (Å²) in [5, 5.41) is 9.76. The number of rotatable bonds is 2. The lowest BCUT2D eigenvalue weighted by Gasteiger charge is -2.03. The quantitative estimate of drug-likeness (QED) is 0.408. The third-order valence-electron chi connectivity index (χ3n) is 0.564. The van der Waals surface area contributed by atoms with Gasteiger partial charge < -0.3 is 9.90 Å². The number of carbonyl (C=O) groups excluding carboxylic acids is 2. The van der Waals surface area contributed by atoms with Crippen LogP contribution in [-0.4, -0.2) is 16.6 Å². The van der Waals surface area contributed by atoms with Crippen LogP contribution in [0.25, 0.3) is 0 Å². The molecule has 0 aromatic rings. The topological polar surface area (TPSA) is 57.2 Å². The van der Waals surface area contributed by atoms with Crippen LogP contribution in [0, 0.1) is 0 Å². The summed E-state index contributed by atoms with van der Waals surface area (Å²) in [4.78, 5) is 18.7. The van der Waals surface area contributed by atoms with Gasteiger partial charge in [0.2, 0.25) is 0 Å². The molecule has 0 aromatic heterocycles. The molecule has 0 spiro atoms. The Balaban J connectivity index is 3.83. The van der Waals surface area contributed by atoms with Crippen molar-refractivity contribution in [3.63, 3.8) is 0 Å². The molecule has 0 saturated carbocycles. The van der Waals surface area contributed by atoms with Crippen LogP contribution in [0.3, 0.4) is 0 Å². The molecule has 0 saturated heterocycles. The van der Waals surface area contributed by atoms with Crippen molar-refractivity contribution in [2.24, 2.45) is 0 Å². The molecule has 8 heavy (non-hydrogen) atoms. The molecule has 0 rings (SSSR count). The Bertz CT molecular complexity index is 106. The number of hydrogen-bond donors (Lipinski definition) is 0. The first-order chi connectivity index (χ1) is 3.55. The fourth-order valence-electron chi connectivity index (χ4n) is 0.166. The SMILES string of the molecule is CC(=O)C(Br)C(=O)[O-]. The summed E-state index contributed by atoms with van der Waals surface area (Å²) in [6.07, 6.45) is 0. The highest BCUT2D eigenvalue weighted by atomic mass is 79.9. The monoisotopic (exact) mass is 179 g/mol. The van der Waals surface area contributed by atoms with Gasteiger partial charge in [-0.25, -0.2) is 0 Å². The molecule has 4 heteroatoms. The minimum absolute atomic E-state index is 0.454. The van der Waals surface area contributed by atoms with Crippen molar-refractivity contribution in [3.8, 4) is 0 Å². The van der Waals surface area contributed by atoms with Gasteiger partial charge in [0.15, 0.2) is 0 Å². The largest absolute Gasteiger partial charge is 0.548 e. The van der Waals surface area contributed by atoms with E-state index in [-0.39, 0.29) is 0 Å². The van der Waals surface area contributed by atoms with Gasteiger partial charge in [0.1, 0.15) is 10.6 Å². The predicted octanol–water partition coefficient (Wildman–Crippen LogP) is -0.911. The second kappa shape index (κ2) is 2.81. The van der Waals surface area contributed by atoms with Crippen LogP contribution in [-0.2, 0) is 9.59 Å². The molecule has 0 N–H and O–H groups in total. The van der Waals surface area contributed by atoms with Crippen molar-refractivity contribution in [2.75, 3.05) is 0 Å². The van der Waals surface area contributed by atoms with E-state index in [4.69, 9.17) is 0 Å². The first kappa shape index (κ1) is 7.62. The Morgan fingerprint density at radius 3 is 2.00 bits per heavy atom. The number of carbonyl (C=O) groups is 2. The third-order valence-corrected chi connectivity index (χ3v) is 1.58. The van der Waals surface area contributed by atoms with Crippen LogP contribution in [0.5, 0.6) is 0 Å². The molecule has 0 heterocycles. The molecule has 0 aliphatic carbocycles. The maximum absolute atomic E-state index is 10.1. The summed E-state index contributed by atoms with van der Waals surface area (Å²) >= 11 is 2.59. The number of alkyl halides is 1. The molecule has 0 radical (unpaired) electrons. The Labute approximate surface area is 54.8 Å². The van der Waals surface area contributed by atoms with Gasteiger partial charge in [0, 0.05) is 0 Å².